The number of fused-ring (bicyclic) bond motifs is 11. The Kier molecular flexibility index (Phi) is 21.9. The van der Waals surface area contributed by atoms with Gasteiger partial charge in [0.2, 0.25) is 12.6 Å². The highest BCUT2D eigenvalue weighted by Gasteiger charge is 2.76. The van der Waals surface area contributed by atoms with Crippen LogP contribution in [0.5, 0.6) is 0 Å². The van der Waals surface area contributed by atoms with Crippen LogP contribution in [0.1, 0.15) is 176 Å². The van der Waals surface area contributed by atoms with Crippen LogP contribution in [0.4, 0.5) is 43.9 Å². The molecule has 0 aromatic carbocycles. The fraction of sp³-hybridized carbons (Fsp3) is 0.873. The summed E-state index contributed by atoms with van der Waals surface area (Å²) >= 11 is 0. The molecule has 22 unspecified atom stereocenters. The van der Waals surface area contributed by atoms with Gasteiger partial charge in [0, 0.05) is 96.8 Å². The molecular weight excluding hydrogens is 1700 g/mol. The number of rotatable bonds is 10. The molecule has 5 spiro atoms. The van der Waals surface area contributed by atoms with Gasteiger partial charge in [-0.3, -0.25) is 14.4 Å². The van der Waals surface area contributed by atoms with Gasteiger partial charge in [-0.1, -0.05) is 0 Å². The van der Waals surface area contributed by atoms with Gasteiger partial charge in [-0.25, -0.2) is 33.6 Å². The highest BCUT2D eigenvalue weighted by Crippen LogP contribution is 2.69. The highest BCUT2D eigenvalue weighted by atomic mass is 19.3. The number of aliphatic hydroxyl groups is 2. The Morgan fingerprint density at radius 2 is 0.685 bits per heavy atom. The number of hydrogen-bond donors (Lipinski definition) is 2. The van der Waals surface area contributed by atoms with E-state index in [1.54, 1.807) is 0 Å². The minimum absolute atomic E-state index is 0.0814. The van der Waals surface area contributed by atoms with E-state index in [2.05, 4.69) is 4.74 Å². The summed E-state index contributed by atoms with van der Waals surface area (Å²) in [5, 5.41) is 19.4. The fourth-order valence-electron chi connectivity index (χ4n) is 23.0. The molecule has 11 aliphatic carbocycles. The largest absolute Gasteiger partial charge is 0.463 e. The van der Waals surface area contributed by atoms with E-state index in [1.165, 1.54) is 0 Å². The van der Waals surface area contributed by atoms with E-state index in [1.807, 2.05) is 0 Å². The molecule has 690 valence electrons. The quantitative estimate of drug-likeness (QED) is 0.151. The van der Waals surface area contributed by atoms with Crippen molar-refractivity contribution in [3.63, 3.8) is 0 Å². The standard InChI is InChI=1S/C19H22F2O8.C19H22F2O7.C15H18F2O7.C13H16F2O7.C13H16F2O6/c1-17(20,21)16(24)29-18-4-7-2-8(5-18)19(9(3-7)6-18)27-12-10-11(25-15(12)28-19)14(23)26-13(10)22;1-17(20,21)16(23)28-18-4-8-2-9(5-18)19(10(3-8)6-18)26-13-12-11(7-24-14(12)22)25-15(13)27-19;1-14(16,17)13(19)21-7-2-4-15(5-3-7)23-10-9-8(6-20-11(9)18)22-12(10)24-15;1-12(14,15)11(18)19-6-2-4-13(5-3-6)21-7-8(22-13)10(17)20-9(7)16;1-12(14,15)11(17)19-7-2-4-13(5-3-7)20-8-6-18-10(16)9(8)21-13/h7-12,14-15,23H,2-6H2,1H3;8-13,15H,2-7H2,1H3;7-10,12H,2-6H2,1H3;6-9,16H,2-5H2,1H3;7-9H,2-6H2,1H3. The molecule has 13 aliphatic heterocycles. The maximum Gasteiger partial charge on any atom is 0.377 e. The average Bonchev–Trinajstić information content (AvgIpc) is 1.49. The van der Waals surface area contributed by atoms with Crippen molar-refractivity contribution >= 4 is 59.7 Å². The van der Waals surface area contributed by atoms with E-state index in [0.29, 0.717) is 130 Å². The number of carbonyl (C=O) groups is 10. The van der Waals surface area contributed by atoms with Crippen molar-refractivity contribution in [3.05, 3.63) is 0 Å². The van der Waals surface area contributed by atoms with Crippen molar-refractivity contribution in [2.24, 2.45) is 53.3 Å². The Balaban J connectivity index is 0.000000106. The topological polar surface area (TPSA) is 423 Å². The predicted molar refractivity (Wildman–Crippen MR) is 367 cm³/mol. The lowest BCUT2D eigenvalue weighted by Gasteiger charge is -2.62. The van der Waals surface area contributed by atoms with E-state index >= 15 is 0 Å². The van der Waals surface area contributed by atoms with Gasteiger partial charge in [0.05, 0.1) is 0 Å². The van der Waals surface area contributed by atoms with E-state index in [0.717, 1.165) is 25.7 Å². The predicted octanol–water partition coefficient (Wildman–Crippen LogP) is 5.65. The first-order valence-electron chi connectivity index (χ1n) is 42.1. The second-order valence-corrected chi connectivity index (χ2v) is 37.4. The number of halogens is 10. The van der Waals surface area contributed by atoms with Crippen LogP contribution in [-0.4, -0.2) is 270 Å². The van der Waals surface area contributed by atoms with Crippen molar-refractivity contribution in [2.45, 2.75) is 356 Å². The first-order valence-corrected chi connectivity index (χ1v) is 42.1. The normalized spacial score (nSPS) is 47.4. The van der Waals surface area contributed by atoms with Crippen LogP contribution in [0.3, 0.4) is 0 Å². The van der Waals surface area contributed by atoms with E-state index in [4.69, 9.17) is 104 Å². The van der Waals surface area contributed by atoms with Crippen LogP contribution >= 0.6 is 0 Å². The van der Waals surface area contributed by atoms with Crippen molar-refractivity contribution in [3.8, 4) is 0 Å². The lowest BCUT2D eigenvalue weighted by Crippen LogP contribution is -2.66. The number of alkyl halides is 10. The van der Waals surface area contributed by atoms with Crippen molar-refractivity contribution < 1.29 is 211 Å². The van der Waals surface area contributed by atoms with E-state index < -0.39 is 234 Å². The Bertz CT molecular complexity index is 4180. The molecule has 45 heteroatoms. The zero-order valence-corrected chi connectivity index (χ0v) is 67.4. The van der Waals surface area contributed by atoms with Crippen LogP contribution < -0.4 is 0 Å². The molecular formula is C79H94F10O35. The zero-order chi connectivity index (χ0) is 88.3. The van der Waals surface area contributed by atoms with Crippen LogP contribution in [0.15, 0.2) is 0 Å². The molecule has 24 rings (SSSR count). The molecule has 0 radical (unpaired) electrons. The summed E-state index contributed by atoms with van der Waals surface area (Å²) in [5.41, 5.74) is -1.80. The molecule has 0 aromatic rings. The molecule has 8 bridgehead atoms. The lowest BCUT2D eigenvalue weighted by atomic mass is 9.51. The number of ether oxygens (including phenoxy) is 23. The minimum Gasteiger partial charge on any atom is -0.463 e. The third kappa shape index (κ3) is 15.9. The molecule has 11 saturated carbocycles. The minimum atomic E-state index is -3.54. The lowest BCUT2D eigenvalue weighted by molar-refractivity contribution is -0.344. The Morgan fingerprint density at radius 3 is 1.10 bits per heavy atom. The van der Waals surface area contributed by atoms with Gasteiger partial charge >= 0.3 is 89.3 Å². The summed E-state index contributed by atoms with van der Waals surface area (Å²) in [6, 6.07) is 0. The average molecular weight is 1790 g/mol. The first kappa shape index (κ1) is 88.1. The summed E-state index contributed by atoms with van der Waals surface area (Å²) in [6.45, 7) is 3.21. The fourth-order valence-corrected chi connectivity index (χ4v) is 23.0. The van der Waals surface area contributed by atoms with Gasteiger partial charge < -0.3 is 119 Å². The van der Waals surface area contributed by atoms with E-state index in [9.17, 15) is 102 Å². The molecule has 22 atom stereocenters. The SMILES string of the molecule is CC(F)(F)C(=O)OC12CC3CC(C1)C1(OC4OC5C(O)OC(=O)C5C4O1)C(C3)C2.CC(F)(F)C(=O)OC12CC3CC(C1)C1(OC4OC5COC(=O)C5C4O1)C(C3)C2.CC(F)(F)C(=O)OC1CCC2(CC1)OC1C(=O)OC(O)C1O2.CC(F)(F)C(=O)OC1CCC2(CC1)OC1COC(=O)C1O2.CC(F)(F)C(=O)OC1CCC2(CC1)OC1OC3COC(=O)C3C1O2. The number of hydrogen-bond acceptors (Lipinski definition) is 35. The van der Waals surface area contributed by atoms with Gasteiger partial charge in [-0.2, -0.15) is 43.9 Å². The maximum absolute atomic E-state index is 13.4. The van der Waals surface area contributed by atoms with Crippen LogP contribution in [-0.2, 0) is 157 Å². The second-order valence-electron chi connectivity index (χ2n) is 37.4. The van der Waals surface area contributed by atoms with Gasteiger partial charge in [-0.05, 0) is 115 Å². The van der Waals surface area contributed by atoms with Crippen molar-refractivity contribution in [2.75, 3.05) is 19.8 Å². The Morgan fingerprint density at radius 1 is 0.347 bits per heavy atom. The number of aliphatic hydroxyl groups excluding tert-OH is 2. The third-order valence-corrected chi connectivity index (χ3v) is 28.2. The van der Waals surface area contributed by atoms with Crippen molar-refractivity contribution in [1.29, 1.82) is 0 Å². The Hall–Kier alpha value is -6.60. The number of esters is 10. The van der Waals surface area contributed by atoms with Gasteiger partial charge in [0.25, 0.3) is 0 Å². The summed E-state index contributed by atoms with van der Waals surface area (Å²) in [6.07, 6.45) is -2.65. The number of carbonyl (C=O) groups excluding carboxylic acids is 10. The molecule has 124 heavy (non-hydrogen) atoms. The molecule has 24 aliphatic rings. The maximum atomic E-state index is 13.4. The van der Waals surface area contributed by atoms with Gasteiger partial charge in [0.15, 0.2) is 66.1 Å². The molecule has 2 N–H and O–H groups in total. The molecule has 0 aromatic heterocycles. The highest BCUT2D eigenvalue weighted by molar-refractivity contribution is 5.81. The Labute approximate surface area is 698 Å². The van der Waals surface area contributed by atoms with Crippen LogP contribution in [0.2, 0.25) is 0 Å². The number of cyclic esters (lactones) is 5. The second kappa shape index (κ2) is 30.8. The van der Waals surface area contributed by atoms with Gasteiger partial charge in [-0.15, -0.1) is 0 Å². The summed E-state index contributed by atoms with van der Waals surface area (Å²) in [4.78, 5) is 116. The zero-order valence-electron chi connectivity index (χ0n) is 67.4. The van der Waals surface area contributed by atoms with Gasteiger partial charge in [0.1, 0.15) is 110 Å². The summed E-state index contributed by atoms with van der Waals surface area (Å²) < 4.78 is 257. The first-order chi connectivity index (χ1) is 58.1. The molecule has 35 nitrogen and oxygen atoms in total. The summed E-state index contributed by atoms with van der Waals surface area (Å²) in [5.74, 6) is -33.9. The molecule has 0 amide bonds. The third-order valence-electron chi connectivity index (χ3n) is 28.2. The van der Waals surface area contributed by atoms with Crippen LogP contribution in [0.25, 0.3) is 0 Å². The molecule has 24 fully saturated rings. The molecule has 13 saturated heterocycles. The monoisotopic (exact) mass is 1790 g/mol. The van der Waals surface area contributed by atoms with E-state index in [-0.39, 0.29) is 99.2 Å². The summed E-state index contributed by atoms with van der Waals surface area (Å²) in [7, 11) is 0. The van der Waals surface area contributed by atoms with Crippen LogP contribution in [0, 0.1) is 53.3 Å². The van der Waals surface area contributed by atoms with Crippen molar-refractivity contribution in [1.82, 2.24) is 0 Å². The molecule has 13 heterocycles. The smallest absolute Gasteiger partial charge is 0.377 e.